The van der Waals surface area contributed by atoms with Gasteiger partial charge in [-0.25, -0.2) is 0 Å². The maximum absolute atomic E-state index is 12.1. The molecule has 1 heterocycles. The topological polar surface area (TPSA) is 77.2 Å². The van der Waals surface area contributed by atoms with Gasteiger partial charge in [0.15, 0.2) is 6.61 Å². The summed E-state index contributed by atoms with van der Waals surface area (Å²) in [6.45, 7) is 4.12. The van der Waals surface area contributed by atoms with Crippen molar-refractivity contribution in [3.05, 3.63) is 63.1 Å². The lowest BCUT2D eigenvalue weighted by molar-refractivity contribution is -0.113. The number of aryl methyl sites for hydroxylation is 2. The number of para-hydroxylation sites is 1. The lowest BCUT2D eigenvalue weighted by atomic mass is 10.2. The van der Waals surface area contributed by atoms with Gasteiger partial charge in [0.1, 0.15) is 5.75 Å². The Labute approximate surface area is 175 Å². The van der Waals surface area contributed by atoms with Gasteiger partial charge in [0, 0.05) is 9.26 Å². The molecule has 3 aromatic rings. The second kappa shape index (κ2) is 9.23. The van der Waals surface area contributed by atoms with E-state index >= 15 is 0 Å². The molecule has 27 heavy (non-hydrogen) atoms. The number of nitrogens with one attached hydrogen (secondary N) is 1. The van der Waals surface area contributed by atoms with Crippen LogP contribution >= 0.6 is 34.4 Å². The molecule has 0 atom stereocenters. The zero-order chi connectivity index (χ0) is 19.2. The molecule has 140 valence electrons. The van der Waals surface area contributed by atoms with E-state index < -0.39 is 0 Å². The van der Waals surface area contributed by atoms with Gasteiger partial charge in [-0.05, 0) is 71.8 Å². The number of anilines is 1. The number of thioether (sulfide) groups is 1. The monoisotopic (exact) mass is 495 g/mol. The largest absolute Gasteiger partial charge is 0.484 e. The van der Waals surface area contributed by atoms with Crippen molar-refractivity contribution in [1.82, 2.24) is 10.2 Å². The molecule has 0 unspecified atom stereocenters. The second-order valence-electron chi connectivity index (χ2n) is 5.81. The Morgan fingerprint density at radius 3 is 2.78 bits per heavy atom. The minimum Gasteiger partial charge on any atom is -0.484 e. The number of rotatable bonds is 7. The molecule has 0 radical (unpaired) electrons. The highest BCUT2D eigenvalue weighted by Gasteiger charge is 2.11. The van der Waals surface area contributed by atoms with Crippen LogP contribution in [0.2, 0.25) is 0 Å². The Hall–Kier alpha value is -2.07. The van der Waals surface area contributed by atoms with E-state index in [-0.39, 0.29) is 18.3 Å². The average Bonchev–Trinajstić information content (AvgIpc) is 3.10. The number of carbonyl (C=O) groups is 1. The molecule has 0 aliphatic heterocycles. The number of nitrogens with zero attached hydrogens (tertiary/aromatic N) is 2. The van der Waals surface area contributed by atoms with E-state index in [1.54, 1.807) is 0 Å². The van der Waals surface area contributed by atoms with E-state index in [1.165, 1.54) is 11.8 Å². The number of aromatic nitrogens is 2. The number of hydrogen-bond acceptors (Lipinski definition) is 6. The molecular formula is C19H18IN3O3S. The van der Waals surface area contributed by atoms with E-state index in [9.17, 15) is 4.79 Å². The second-order valence-corrected chi connectivity index (χ2v) is 7.98. The lowest BCUT2D eigenvalue weighted by Crippen LogP contribution is -2.14. The van der Waals surface area contributed by atoms with E-state index in [4.69, 9.17) is 9.15 Å². The molecule has 0 saturated heterocycles. The van der Waals surface area contributed by atoms with Gasteiger partial charge in [-0.15, -0.1) is 10.2 Å². The third kappa shape index (κ3) is 5.70. The first-order valence-corrected chi connectivity index (χ1v) is 10.3. The SMILES string of the molecule is Cc1cc(I)ccc1NC(=O)CSc1nnc(COc2ccccc2C)o1. The predicted octanol–water partition coefficient (Wildman–Crippen LogP) is 4.60. The summed E-state index contributed by atoms with van der Waals surface area (Å²) in [7, 11) is 0. The molecule has 3 rings (SSSR count). The zero-order valence-electron chi connectivity index (χ0n) is 14.9. The van der Waals surface area contributed by atoms with E-state index in [1.807, 2.05) is 56.3 Å². The number of ether oxygens (including phenoxy) is 1. The van der Waals surface area contributed by atoms with Gasteiger partial charge in [-0.2, -0.15) is 0 Å². The van der Waals surface area contributed by atoms with Crippen LogP contribution < -0.4 is 10.1 Å². The highest BCUT2D eigenvalue weighted by molar-refractivity contribution is 14.1. The summed E-state index contributed by atoms with van der Waals surface area (Å²) in [5, 5.41) is 11.1. The Balaban J connectivity index is 1.49. The van der Waals surface area contributed by atoms with E-state index in [0.717, 1.165) is 26.1 Å². The van der Waals surface area contributed by atoms with Crippen molar-refractivity contribution in [3.63, 3.8) is 0 Å². The van der Waals surface area contributed by atoms with Gasteiger partial charge in [0.2, 0.25) is 5.91 Å². The van der Waals surface area contributed by atoms with Gasteiger partial charge >= 0.3 is 0 Å². The molecule has 2 aromatic carbocycles. The van der Waals surface area contributed by atoms with Crippen molar-refractivity contribution in [2.75, 3.05) is 11.1 Å². The lowest BCUT2D eigenvalue weighted by Gasteiger charge is -2.07. The number of halogens is 1. The summed E-state index contributed by atoms with van der Waals surface area (Å²) in [6.07, 6.45) is 0. The molecule has 0 saturated carbocycles. The fourth-order valence-corrected chi connectivity index (χ4v) is 3.52. The summed E-state index contributed by atoms with van der Waals surface area (Å²) in [4.78, 5) is 12.1. The molecular weight excluding hydrogens is 477 g/mol. The molecule has 1 amide bonds. The van der Waals surface area contributed by atoms with Gasteiger partial charge in [-0.3, -0.25) is 4.79 Å². The van der Waals surface area contributed by atoms with Gasteiger partial charge in [0.05, 0.1) is 5.75 Å². The van der Waals surface area contributed by atoms with E-state index in [2.05, 4.69) is 38.1 Å². The molecule has 6 nitrogen and oxygen atoms in total. The third-order valence-electron chi connectivity index (χ3n) is 3.68. The van der Waals surface area contributed by atoms with Crippen molar-refractivity contribution in [1.29, 1.82) is 0 Å². The maximum Gasteiger partial charge on any atom is 0.277 e. The maximum atomic E-state index is 12.1. The Bertz CT molecular complexity index is 945. The van der Waals surface area contributed by atoms with Gasteiger partial charge in [0.25, 0.3) is 11.1 Å². The number of hydrogen-bond donors (Lipinski definition) is 1. The number of amides is 1. The fraction of sp³-hybridized carbons (Fsp3) is 0.211. The van der Waals surface area contributed by atoms with Crippen LogP contribution in [0.5, 0.6) is 5.75 Å². The molecule has 1 aromatic heterocycles. The average molecular weight is 495 g/mol. The minimum absolute atomic E-state index is 0.125. The van der Waals surface area contributed by atoms with Crippen LogP contribution in [-0.2, 0) is 11.4 Å². The first-order valence-electron chi connectivity index (χ1n) is 8.21. The molecule has 0 fully saturated rings. The molecule has 1 N–H and O–H groups in total. The van der Waals surface area contributed by atoms with Gasteiger partial charge < -0.3 is 14.5 Å². The molecule has 0 bridgehead atoms. The third-order valence-corrected chi connectivity index (χ3v) is 5.17. The van der Waals surface area contributed by atoms with Crippen molar-refractivity contribution in [2.45, 2.75) is 25.7 Å². The highest BCUT2D eigenvalue weighted by Crippen LogP contribution is 2.21. The fourth-order valence-electron chi connectivity index (χ4n) is 2.29. The van der Waals surface area contributed by atoms with Crippen LogP contribution in [0.1, 0.15) is 17.0 Å². The first-order chi connectivity index (χ1) is 13.0. The van der Waals surface area contributed by atoms with Crippen LogP contribution in [-0.4, -0.2) is 21.9 Å². The Morgan fingerprint density at radius 1 is 1.19 bits per heavy atom. The zero-order valence-corrected chi connectivity index (χ0v) is 17.8. The van der Waals surface area contributed by atoms with Crippen LogP contribution in [0.25, 0.3) is 0 Å². The number of carbonyl (C=O) groups excluding carboxylic acids is 1. The summed E-state index contributed by atoms with van der Waals surface area (Å²) in [6, 6.07) is 13.6. The summed E-state index contributed by atoms with van der Waals surface area (Å²) in [5.41, 5.74) is 2.86. The standard InChI is InChI=1S/C19H18IN3O3S/c1-12-5-3-4-6-16(12)25-10-18-22-23-19(26-18)27-11-17(24)21-15-8-7-14(20)9-13(15)2/h3-9H,10-11H2,1-2H3,(H,21,24). The van der Waals surface area contributed by atoms with Crippen molar-refractivity contribution >= 4 is 45.9 Å². The smallest absolute Gasteiger partial charge is 0.277 e. The summed E-state index contributed by atoms with van der Waals surface area (Å²) in [5.74, 6) is 1.21. The van der Waals surface area contributed by atoms with Crippen LogP contribution in [0.3, 0.4) is 0 Å². The van der Waals surface area contributed by atoms with Crippen LogP contribution in [0.15, 0.2) is 52.1 Å². The molecule has 0 spiro atoms. The highest BCUT2D eigenvalue weighted by atomic mass is 127. The van der Waals surface area contributed by atoms with Crippen molar-refractivity contribution < 1.29 is 13.9 Å². The van der Waals surface area contributed by atoms with Crippen molar-refractivity contribution in [3.8, 4) is 5.75 Å². The quantitative estimate of drug-likeness (QED) is 0.382. The first kappa shape index (κ1) is 19.7. The summed E-state index contributed by atoms with van der Waals surface area (Å²) >= 11 is 3.43. The van der Waals surface area contributed by atoms with Gasteiger partial charge in [-0.1, -0.05) is 30.0 Å². The van der Waals surface area contributed by atoms with Crippen LogP contribution in [0.4, 0.5) is 5.69 Å². The predicted molar refractivity (Wildman–Crippen MR) is 113 cm³/mol. The number of benzene rings is 2. The molecule has 0 aliphatic rings. The Morgan fingerprint density at radius 2 is 2.00 bits per heavy atom. The van der Waals surface area contributed by atoms with Crippen molar-refractivity contribution in [2.24, 2.45) is 0 Å². The molecule has 0 aliphatic carbocycles. The molecule has 8 heteroatoms. The normalized spacial score (nSPS) is 10.6. The minimum atomic E-state index is -0.125. The van der Waals surface area contributed by atoms with Crippen LogP contribution in [0, 0.1) is 17.4 Å². The Kier molecular flexibility index (Phi) is 6.73. The summed E-state index contributed by atoms with van der Waals surface area (Å²) < 4.78 is 12.3. The van der Waals surface area contributed by atoms with E-state index in [0.29, 0.717) is 11.1 Å².